The zero-order valence-corrected chi connectivity index (χ0v) is 17.3. The lowest BCUT2D eigenvalue weighted by Crippen LogP contribution is -2.12. The van der Waals surface area contributed by atoms with Crippen LogP contribution in [0.15, 0.2) is 57.8 Å². The van der Waals surface area contributed by atoms with Crippen molar-refractivity contribution in [2.24, 2.45) is 0 Å². The molecule has 4 aromatic rings. The molecule has 0 aliphatic carbocycles. The zero-order chi connectivity index (χ0) is 21.8. The Morgan fingerprint density at radius 3 is 2.74 bits per heavy atom. The number of H-pyrrole nitrogens is 1. The Morgan fingerprint density at radius 2 is 1.97 bits per heavy atom. The third kappa shape index (κ3) is 4.80. The molecule has 0 fully saturated rings. The van der Waals surface area contributed by atoms with E-state index in [-0.39, 0.29) is 30.1 Å². The highest BCUT2D eigenvalue weighted by Crippen LogP contribution is 2.19. The molecule has 0 radical (unpaired) electrons. The second kappa shape index (κ2) is 8.83. The Kier molecular flexibility index (Phi) is 5.79. The van der Waals surface area contributed by atoms with Gasteiger partial charge in [0, 0.05) is 24.0 Å². The monoisotopic (exact) mass is 418 g/mol. The van der Waals surface area contributed by atoms with Gasteiger partial charge in [0.15, 0.2) is 0 Å². The van der Waals surface area contributed by atoms with Crippen LogP contribution >= 0.6 is 0 Å². The van der Waals surface area contributed by atoms with E-state index < -0.39 is 0 Å². The number of anilines is 1. The Morgan fingerprint density at radius 1 is 1.16 bits per heavy atom. The normalized spacial score (nSPS) is 10.9. The van der Waals surface area contributed by atoms with Crippen molar-refractivity contribution in [2.45, 2.75) is 26.7 Å². The molecule has 158 valence electrons. The second-order valence-electron chi connectivity index (χ2n) is 7.12. The number of nitrogens with zero attached hydrogens (tertiary/aromatic N) is 2. The topological polar surface area (TPSA) is 110 Å². The minimum Gasteiger partial charge on any atom is -0.494 e. The van der Waals surface area contributed by atoms with Crippen LogP contribution in [0.5, 0.6) is 5.75 Å². The number of rotatable bonds is 7. The van der Waals surface area contributed by atoms with Gasteiger partial charge in [0.25, 0.3) is 5.56 Å². The minimum atomic E-state index is -0.293. The number of pyridine rings is 1. The summed E-state index contributed by atoms with van der Waals surface area (Å²) in [7, 11) is 0. The van der Waals surface area contributed by atoms with Crippen molar-refractivity contribution in [2.75, 3.05) is 11.9 Å². The molecule has 0 saturated carbocycles. The average Bonchev–Trinajstić information content (AvgIpc) is 3.22. The molecule has 0 atom stereocenters. The number of ether oxygens (including phenoxy) is 1. The van der Waals surface area contributed by atoms with E-state index in [1.165, 1.54) is 0 Å². The average molecular weight is 418 g/mol. The second-order valence-corrected chi connectivity index (χ2v) is 7.12. The molecule has 2 aromatic carbocycles. The number of aromatic amines is 1. The maximum Gasteiger partial charge on any atom is 0.259 e. The number of benzene rings is 2. The van der Waals surface area contributed by atoms with Crippen LogP contribution in [0.1, 0.15) is 24.8 Å². The number of aryl methyl sites for hydroxylation is 2. The Hall–Kier alpha value is -3.94. The first-order valence-corrected chi connectivity index (χ1v) is 10.0. The van der Waals surface area contributed by atoms with Gasteiger partial charge in [-0.25, -0.2) is 0 Å². The first-order chi connectivity index (χ1) is 15.0. The van der Waals surface area contributed by atoms with Crippen molar-refractivity contribution in [3.05, 3.63) is 70.3 Å². The quantitative estimate of drug-likeness (QED) is 0.472. The summed E-state index contributed by atoms with van der Waals surface area (Å²) >= 11 is 0. The molecule has 0 aliphatic rings. The van der Waals surface area contributed by atoms with Gasteiger partial charge in [0.1, 0.15) is 5.75 Å². The third-order valence-electron chi connectivity index (χ3n) is 4.73. The van der Waals surface area contributed by atoms with E-state index in [0.29, 0.717) is 23.7 Å². The molecular formula is C23H22N4O4. The molecule has 1 amide bonds. The molecule has 2 aromatic heterocycles. The molecular weight excluding hydrogens is 396 g/mol. The third-order valence-corrected chi connectivity index (χ3v) is 4.73. The molecule has 8 heteroatoms. The van der Waals surface area contributed by atoms with Crippen LogP contribution in [0.2, 0.25) is 0 Å². The fraction of sp³-hybridized carbons (Fsp3) is 0.217. The molecule has 0 aliphatic heterocycles. The summed E-state index contributed by atoms with van der Waals surface area (Å²) in [5.41, 5.74) is 2.52. The van der Waals surface area contributed by atoms with Crippen molar-refractivity contribution < 1.29 is 14.1 Å². The fourth-order valence-corrected chi connectivity index (χ4v) is 3.19. The van der Waals surface area contributed by atoms with Crippen molar-refractivity contribution in [1.29, 1.82) is 0 Å². The van der Waals surface area contributed by atoms with E-state index in [2.05, 4.69) is 20.4 Å². The summed E-state index contributed by atoms with van der Waals surface area (Å²) in [6, 6.07) is 14.7. The van der Waals surface area contributed by atoms with Crippen molar-refractivity contribution in [3.63, 3.8) is 0 Å². The van der Waals surface area contributed by atoms with Crippen LogP contribution in [-0.2, 0) is 11.2 Å². The number of aromatic nitrogens is 3. The maximum atomic E-state index is 12.4. The summed E-state index contributed by atoms with van der Waals surface area (Å²) in [5.74, 6) is 1.06. The van der Waals surface area contributed by atoms with Gasteiger partial charge < -0.3 is 19.6 Å². The van der Waals surface area contributed by atoms with Gasteiger partial charge in [0.05, 0.1) is 12.2 Å². The predicted octanol–water partition coefficient (Wildman–Crippen LogP) is 3.86. The van der Waals surface area contributed by atoms with Gasteiger partial charge in [0.2, 0.25) is 17.6 Å². The lowest BCUT2D eigenvalue weighted by Gasteiger charge is -2.06. The standard InChI is InChI=1S/C23H22N4O4/c1-3-30-17-8-6-16(7-9-17)24-20(28)10-11-21-26-22(27-31-21)18-13-15-5-4-14(2)12-19(15)25-23(18)29/h4-9,12-13H,3,10-11H2,1-2H3,(H,24,28)(H,25,29). The molecule has 2 N–H and O–H groups in total. The lowest BCUT2D eigenvalue weighted by molar-refractivity contribution is -0.116. The summed E-state index contributed by atoms with van der Waals surface area (Å²) in [6.07, 6.45) is 0.433. The number of fused-ring (bicyclic) bond motifs is 1. The van der Waals surface area contributed by atoms with Crippen molar-refractivity contribution >= 4 is 22.5 Å². The molecule has 31 heavy (non-hydrogen) atoms. The van der Waals surface area contributed by atoms with Crippen LogP contribution in [0, 0.1) is 6.92 Å². The van der Waals surface area contributed by atoms with Crippen LogP contribution in [0.3, 0.4) is 0 Å². The van der Waals surface area contributed by atoms with E-state index in [9.17, 15) is 9.59 Å². The van der Waals surface area contributed by atoms with Crippen LogP contribution in [0.25, 0.3) is 22.3 Å². The lowest BCUT2D eigenvalue weighted by atomic mass is 10.1. The van der Waals surface area contributed by atoms with Gasteiger partial charge in [-0.15, -0.1) is 0 Å². The number of hydrogen-bond donors (Lipinski definition) is 2. The van der Waals surface area contributed by atoms with Crippen molar-refractivity contribution in [1.82, 2.24) is 15.1 Å². The van der Waals surface area contributed by atoms with E-state index in [1.807, 2.05) is 32.0 Å². The molecule has 0 unspecified atom stereocenters. The summed E-state index contributed by atoms with van der Waals surface area (Å²) < 4.78 is 10.6. The summed E-state index contributed by atoms with van der Waals surface area (Å²) in [4.78, 5) is 31.8. The first kappa shape index (κ1) is 20.3. The number of nitrogens with one attached hydrogen (secondary N) is 2. The molecule has 8 nitrogen and oxygen atoms in total. The largest absolute Gasteiger partial charge is 0.494 e. The Labute approximate surface area is 178 Å². The van der Waals surface area contributed by atoms with E-state index in [0.717, 1.165) is 22.2 Å². The summed E-state index contributed by atoms with van der Waals surface area (Å²) in [6.45, 7) is 4.46. The molecule has 0 saturated heterocycles. The number of carbonyl (C=O) groups excluding carboxylic acids is 1. The van der Waals surface area contributed by atoms with E-state index >= 15 is 0 Å². The molecule has 0 spiro atoms. The predicted molar refractivity (Wildman–Crippen MR) is 117 cm³/mol. The Bertz CT molecular complexity index is 1270. The molecule has 0 bridgehead atoms. The van der Waals surface area contributed by atoms with Gasteiger partial charge in [-0.1, -0.05) is 17.3 Å². The highest BCUT2D eigenvalue weighted by Gasteiger charge is 2.14. The number of amides is 1. The SMILES string of the molecule is CCOc1ccc(NC(=O)CCc2nc(-c3cc4ccc(C)cc4[nH]c3=O)no2)cc1. The number of carbonyl (C=O) groups is 1. The van der Waals surface area contributed by atoms with E-state index in [4.69, 9.17) is 9.26 Å². The van der Waals surface area contributed by atoms with Crippen molar-refractivity contribution in [3.8, 4) is 17.1 Å². The Balaban J connectivity index is 1.40. The number of hydrogen-bond acceptors (Lipinski definition) is 6. The smallest absolute Gasteiger partial charge is 0.259 e. The maximum absolute atomic E-state index is 12.4. The van der Waals surface area contributed by atoms with E-state index in [1.54, 1.807) is 30.3 Å². The zero-order valence-electron chi connectivity index (χ0n) is 17.3. The highest BCUT2D eigenvalue weighted by atomic mass is 16.5. The van der Waals surface area contributed by atoms with Crippen LogP contribution < -0.4 is 15.6 Å². The molecule has 4 rings (SSSR count). The van der Waals surface area contributed by atoms with Crippen LogP contribution in [0.4, 0.5) is 5.69 Å². The highest BCUT2D eigenvalue weighted by molar-refractivity contribution is 5.90. The van der Waals surface area contributed by atoms with Crippen LogP contribution in [-0.4, -0.2) is 27.6 Å². The van der Waals surface area contributed by atoms with Gasteiger partial charge in [-0.3, -0.25) is 9.59 Å². The minimum absolute atomic E-state index is 0.169. The van der Waals surface area contributed by atoms with Gasteiger partial charge in [-0.05, 0) is 61.2 Å². The summed E-state index contributed by atoms with van der Waals surface area (Å²) in [5, 5.41) is 7.60. The van der Waals surface area contributed by atoms with Gasteiger partial charge >= 0.3 is 0 Å². The van der Waals surface area contributed by atoms with Gasteiger partial charge in [-0.2, -0.15) is 4.98 Å². The fourth-order valence-electron chi connectivity index (χ4n) is 3.19. The molecule has 2 heterocycles. The first-order valence-electron chi connectivity index (χ1n) is 10.0.